The number of hydrogen-bond donors (Lipinski definition) is 1. The molecule has 8 nitrogen and oxygen atoms in total. The fraction of sp³-hybridized carbons (Fsp3) is 0.421. The first-order valence-electron chi connectivity index (χ1n) is 9.07. The van der Waals surface area contributed by atoms with Crippen molar-refractivity contribution >= 4 is 17.2 Å². The molecule has 0 spiro atoms. The van der Waals surface area contributed by atoms with Gasteiger partial charge in [-0.1, -0.05) is 20.8 Å². The minimum absolute atomic E-state index is 0.0579. The molecule has 1 fully saturated rings. The number of carbonyl (C=O) groups is 1. The highest BCUT2D eigenvalue weighted by atomic mass is 19.1. The summed E-state index contributed by atoms with van der Waals surface area (Å²) in [5.41, 5.74) is 1.89. The van der Waals surface area contributed by atoms with Crippen molar-refractivity contribution in [1.29, 1.82) is 0 Å². The van der Waals surface area contributed by atoms with Crippen LogP contribution in [0.5, 0.6) is 0 Å². The van der Waals surface area contributed by atoms with Crippen LogP contribution in [-0.2, 0) is 14.9 Å². The van der Waals surface area contributed by atoms with Gasteiger partial charge < -0.3 is 10.1 Å². The van der Waals surface area contributed by atoms with E-state index in [2.05, 4.69) is 25.4 Å². The topological polar surface area (TPSA) is 94.3 Å². The molecule has 146 valence electrons. The van der Waals surface area contributed by atoms with Crippen LogP contribution in [0.2, 0.25) is 0 Å². The van der Waals surface area contributed by atoms with Gasteiger partial charge in [-0.05, 0) is 6.42 Å². The van der Waals surface area contributed by atoms with Crippen LogP contribution >= 0.6 is 0 Å². The fourth-order valence-electron chi connectivity index (χ4n) is 2.99. The number of hydrogen-bond acceptors (Lipinski definition) is 7. The van der Waals surface area contributed by atoms with Crippen LogP contribution in [0.1, 0.15) is 32.9 Å². The van der Waals surface area contributed by atoms with Crippen molar-refractivity contribution in [2.75, 3.05) is 18.5 Å². The summed E-state index contributed by atoms with van der Waals surface area (Å²) < 4.78 is 20.9. The zero-order valence-corrected chi connectivity index (χ0v) is 15.9. The van der Waals surface area contributed by atoms with Crippen molar-refractivity contribution in [2.45, 2.75) is 38.6 Å². The number of anilines is 1. The second kappa shape index (κ2) is 6.90. The molecular weight excluding hydrogens is 363 g/mol. The highest BCUT2D eigenvalue weighted by molar-refractivity contribution is 5.87. The molecule has 0 radical (unpaired) electrons. The number of fused-ring (bicyclic) bond motifs is 1. The standard InChI is InChI=1S/C19H21FN6O2/c1-19(2,3)17-9-21-13(7-22-17)14-6-11(20)15-8-23-18(25-26(14)15)24-12-4-5-28-10-16(12)27/h6-9,12H,4-5,10H2,1-3H3,(H,24,25)/t12-/m1/s1. The van der Waals surface area contributed by atoms with Crippen molar-refractivity contribution in [3.63, 3.8) is 0 Å². The second-order valence-electron chi connectivity index (χ2n) is 7.80. The van der Waals surface area contributed by atoms with Crippen LogP contribution in [0.3, 0.4) is 0 Å². The normalized spacial score (nSPS) is 17.9. The van der Waals surface area contributed by atoms with Gasteiger partial charge in [0.1, 0.15) is 17.8 Å². The Hall–Kier alpha value is -2.94. The Morgan fingerprint density at radius 2 is 2.04 bits per heavy atom. The molecule has 4 heterocycles. The Kier molecular flexibility index (Phi) is 4.54. The number of nitrogens with one attached hydrogen (secondary N) is 1. The van der Waals surface area contributed by atoms with Crippen LogP contribution in [0.4, 0.5) is 10.3 Å². The van der Waals surface area contributed by atoms with Crippen LogP contribution < -0.4 is 5.32 Å². The first kappa shape index (κ1) is 18.4. The lowest BCUT2D eigenvalue weighted by Gasteiger charge is -2.21. The summed E-state index contributed by atoms with van der Waals surface area (Å²) in [5.74, 6) is -0.272. The molecule has 1 atom stereocenters. The molecule has 1 aliphatic rings. The van der Waals surface area contributed by atoms with E-state index in [-0.39, 0.29) is 29.3 Å². The quantitative estimate of drug-likeness (QED) is 0.741. The fourth-order valence-corrected chi connectivity index (χ4v) is 2.99. The van der Waals surface area contributed by atoms with Crippen LogP contribution in [0.15, 0.2) is 24.7 Å². The average Bonchev–Trinajstić information content (AvgIpc) is 2.99. The van der Waals surface area contributed by atoms with Crippen molar-refractivity contribution < 1.29 is 13.9 Å². The average molecular weight is 384 g/mol. The van der Waals surface area contributed by atoms with Gasteiger partial charge in [0, 0.05) is 24.3 Å². The maximum atomic E-state index is 14.4. The number of nitrogens with zero attached hydrogens (tertiary/aromatic N) is 5. The summed E-state index contributed by atoms with van der Waals surface area (Å²) in [6, 6.07) is 0.940. The van der Waals surface area contributed by atoms with Gasteiger partial charge in [0.15, 0.2) is 11.6 Å². The Balaban J connectivity index is 1.70. The third kappa shape index (κ3) is 3.45. The van der Waals surface area contributed by atoms with E-state index in [9.17, 15) is 9.18 Å². The van der Waals surface area contributed by atoms with E-state index >= 15 is 0 Å². The molecule has 1 saturated heterocycles. The summed E-state index contributed by atoms with van der Waals surface area (Å²) in [5, 5.41) is 7.37. The van der Waals surface area contributed by atoms with E-state index in [4.69, 9.17) is 4.74 Å². The van der Waals surface area contributed by atoms with Crippen molar-refractivity contribution in [2.24, 2.45) is 0 Å². The highest BCUT2D eigenvalue weighted by Gasteiger charge is 2.24. The Labute approximate surface area is 161 Å². The highest BCUT2D eigenvalue weighted by Crippen LogP contribution is 2.25. The molecule has 0 saturated carbocycles. The van der Waals surface area contributed by atoms with Gasteiger partial charge in [-0.15, -0.1) is 5.10 Å². The van der Waals surface area contributed by atoms with Gasteiger partial charge in [0.2, 0.25) is 5.95 Å². The number of aromatic nitrogens is 5. The lowest BCUT2D eigenvalue weighted by molar-refractivity contribution is -0.128. The first-order chi connectivity index (χ1) is 13.3. The first-order valence-corrected chi connectivity index (χ1v) is 9.07. The molecule has 0 amide bonds. The molecular formula is C19H21FN6O2. The second-order valence-corrected chi connectivity index (χ2v) is 7.80. The smallest absolute Gasteiger partial charge is 0.241 e. The molecule has 0 bridgehead atoms. The minimum Gasteiger partial charge on any atom is -0.374 e. The summed E-state index contributed by atoms with van der Waals surface area (Å²) in [6.45, 7) is 6.70. The summed E-state index contributed by atoms with van der Waals surface area (Å²) in [7, 11) is 0. The largest absolute Gasteiger partial charge is 0.374 e. The van der Waals surface area contributed by atoms with E-state index in [1.54, 1.807) is 12.4 Å². The molecule has 3 aromatic rings. The Morgan fingerprint density at radius 3 is 2.71 bits per heavy atom. The minimum atomic E-state index is -0.453. The van der Waals surface area contributed by atoms with E-state index in [1.807, 2.05) is 20.8 Å². The van der Waals surface area contributed by atoms with Gasteiger partial charge in [-0.25, -0.2) is 13.9 Å². The lowest BCUT2D eigenvalue weighted by Crippen LogP contribution is -2.38. The summed E-state index contributed by atoms with van der Waals surface area (Å²) in [4.78, 5) is 25.0. The number of Topliss-reactive ketones (excluding diaryl/α,β-unsaturated/α-hetero) is 1. The van der Waals surface area contributed by atoms with Crippen LogP contribution in [-0.4, -0.2) is 49.6 Å². The maximum absolute atomic E-state index is 14.4. The molecule has 1 N–H and O–H groups in total. The molecule has 3 aromatic heterocycles. The molecule has 0 aliphatic carbocycles. The van der Waals surface area contributed by atoms with E-state index in [0.29, 0.717) is 24.4 Å². The van der Waals surface area contributed by atoms with E-state index in [1.165, 1.54) is 16.8 Å². The SMILES string of the molecule is CC(C)(C)c1cnc(-c2cc(F)c3cnc(N[C@@H]4CCOCC4=O)nn23)cn1. The number of carbonyl (C=O) groups excluding carboxylic acids is 1. The molecule has 4 rings (SSSR count). The molecule has 1 aliphatic heterocycles. The van der Waals surface area contributed by atoms with Crippen LogP contribution in [0.25, 0.3) is 16.9 Å². The zero-order valence-electron chi connectivity index (χ0n) is 15.9. The Morgan fingerprint density at radius 1 is 1.21 bits per heavy atom. The van der Waals surface area contributed by atoms with E-state index in [0.717, 1.165) is 5.69 Å². The number of rotatable bonds is 3. The molecule has 0 unspecified atom stereocenters. The molecule has 28 heavy (non-hydrogen) atoms. The predicted octanol–water partition coefficient (Wildman–Crippen LogP) is 2.39. The van der Waals surface area contributed by atoms with Crippen molar-refractivity contribution in [1.82, 2.24) is 24.6 Å². The van der Waals surface area contributed by atoms with Crippen molar-refractivity contribution in [3.8, 4) is 11.4 Å². The van der Waals surface area contributed by atoms with Gasteiger partial charge in [-0.2, -0.15) is 0 Å². The summed E-state index contributed by atoms with van der Waals surface area (Å²) in [6.07, 6.45) is 5.22. The predicted molar refractivity (Wildman–Crippen MR) is 101 cm³/mol. The van der Waals surface area contributed by atoms with Crippen LogP contribution in [0, 0.1) is 5.82 Å². The number of ketones is 1. The van der Waals surface area contributed by atoms with Gasteiger partial charge in [0.05, 0.1) is 29.8 Å². The molecule has 9 heteroatoms. The Bertz CT molecular complexity index is 1030. The maximum Gasteiger partial charge on any atom is 0.241 e. The third-order valence-corrected chi connectivity index (χ3v) is 4.64. The lowest BCUT2D eigenvalue weighted by atomic mass is 9.93. The van der Waals surface area contributed by atoms with Gasteiger partial charge >= 0.3 is 0 Å². The summed E-state index contributed by atoms with van der Waals surface area (Å²) >= 11 is 0. The number of ether oxygens (including phenoxy) is 1. The van der Waals surface area contributed by atoms with Gasteiger partial charge in [0.25, 0.3) is 0 Å². The van der Waals surface area contributed by atoms with Gasteiger partial charge in [-0.3, -0.25) is 14.8 Å². The monoisotopic (exact) mass is 384 g/mol. The third-order valence-electron chi connectivity index (χ3n) is 4.64. The number of halogens is 1. The van der Waals surface area contributed by atoms with Crippen molar-refractivity contribution in [3.05, 3.63) is 36.2 Å². The molecule has 0 aromatic carbocycles. The zero-order chi connectivity index (χ0) is 19.9. The van der Waals surface area contributed by atoms with E-state index < -0.39 is 11.9 Å².